The molecule has 1 aromatic heterocycles. The largest absolute Gasteiger partial charge is 0.496 e. The number of methoxy groups -OCH3 is 1. The monoisotopic (exact) mass is 302 g/mol. The zero-order valence-corrected chi connectivity index (χ0v) is 12.5. The van der Waals surface area contributed by atoms with Gasteiger partial charge in [0.15, 0.2) is 0 Å². The van der Waals surface area contributed by atoms with Gasteiger partial charge in [0.05, 0.1) is 23.8 Å². The maximum atomic E-state index is 5.40. The van der Waals surface area contributed by atoms with Gasteiger partial charge in [0.1, 0.15) is 12.1 Å². The van der Waals surface area contributed by atoms with Crippen molar-refractivity contribution in [2.75, 3.05) is 7.11 Å². The zero-order chi connectivity index (χ0) is 15.6. The molecule has 23 heavy (non-hydrogen) atoms. The van der Waals surface area contributed by atoms with Crippen LogP contribution in [-0.4, -0.2) is 16.8 Å². The van der Waals surface area contributed by atoms with Crippen molar-refractivity contribution in [3.8, 4) is 5.75 Å². The fourth-order valence-corrected chi connectivity index (χ4v) is 2.63. The first-order valence-corrected chi connectivity index (χ1v) is 7.26. The van der Waals surface area contributed by atoms with Gasteiger partial charge < -0.3 is 4.74 Å². The zero-order valence-electron chi connectivity index (χ0n) is 12.5. The Hall–Kier alpha value is -3.21. The van der Waals surface area contributed by atoms with Crippen LogP contribution in [0.1, 0.15) is 0 Å². The smallest absolute Gasteiger partial charge is 0.126 e. The molecule has 0 unspecified atom stereocenters. The molecular formula is C18H14N4O. The van der Waals surface area contributed by atoms with Gasteiger partial charge in [-0.25, -0.2) is 9.66 Å². The lowest BCUT2D eigenvalue weighted by Crippen LogP contribution is -1.86. The lowest BCUT2D eigenvalue weighted by atomic mass is 10.1. The first-order valence-electron chi connectivity index (χ1n) is 7.26. The standard InChI is InChI=1S/C18H14N4O/c1-23-18-11-10-15(13-6-2-3-7-14(13)18)20-21-22-12-19-16-8-4-5-9-17(16)22/h2-12H,1H3. The number of rotatable bonds is 3. The molecule has 0 fully saturated rings. The maximum Gasteiger partial charge on any atom is 0.126 e. The van der Waals surface area contributed by atoms with Crippen molar-refractivity contribution in [2.24, 2.45) is 10.3 Å². The van der Waals surface area contributed by atoms with Crippen LogP contribution < -0.4 is 4.74 Å². The average molecular weight is 302 g/mol. The van der Waals surface area contributed by atoms with Crippen molar-refractivity contribution in [1.82, 2.24) is 9.66 Å². The SMILES string of the molecule is COc1ccc(N=Nn2cnc3ccccc32)c2ccccc12. The average Bonchev–Trinajstić information content (AvgIpc) is 3.03. The fraction of sp³-hybridized carbons (Fsp3) is 0.0556. The topological polar surface area (TPSA) is 51.8 Å². The summed E-state index contributed by atoms with van der Waals surface area (Å²) in [6.07, 6.45) is 1.67. The van der Waals surface area contributed by atoms with Crippen LogP contribution in [0.25, 0.3) is 21.8 Å². The molecule has 0 aliphatic heterocycles. The second-order valence-electron chi connectivity index (χ2n) is 5.10. The Morgan fingerprint density at radius 2 is 1.70 bits per heavy atom. The molecule has 0 aliphatic carbocycles. The summed E-state index contributed by atoms with van der Waals surface area (Å²) in [5, 5.41) is 10.7. The minimum absolute atomic E-state index is 0.791. The van der Waals surface area contributed by atoms with Crippen LogP contribution in [0, 0.1) is 0 Å². The summed E-state index contributed by atoms with van der Waals surface area (Å²) in [5.74, 6) is 0.827. The third-order valence-corrected chi connectivity index (χ3v) is 3.76. The summed E-state index contributed by atoms with van der Waals surface area (Å²) >= 11 is 0. The van der Waals surface area contributed by atoms with Crippen molar-refractivity contribution in [2.45, 2.75) is 0 Å². The van der Waals surface area contributed by atoms with Gasteiger partial charge in [-0.05, 0) is 24.3 Å². The molecule has 0 amide bonds. The lowest BCUT2D eigenvalue weighted by molar-refractivity contribution is 0.420. The second-order valence-corrected chi connectivity index (χ2v) is 5.10. The summed E-state index contributed by atoms with van der Waals surface area (Å²) in [6.45, 7) is 0. The molecule has 4 aromatic rings. The van der Waals surface area contributed by atoms with Crippen molar-refractivity contribution < 1.29 is 4.74 Å². The first kappa shape index (κ1) is 13.5. The van der Waals surface area contributed by atoms with E-state index in [-0.39, 0.29) is 0 Å². The van der Waals surface area contributed by atoms with E-state index in [1.807, 2.05) is 60.7 Å². The lowest BCUT2D eigenvalue weighted by Gasteiger charge is -2.06. The first-order chi connectivity index (χ1) is 11.4. The van der Waals surface area contributed by atoms with E-state index in [1.165, 1.54) is 0 Å². The number of hydrogen-bond donors (Lipinski definition) is 0. The Morgan fingerprint density at radius 3 is 2.57 bits per heavy atom. The van der Waals surface area contributed by atoms with Gasteiger partial charge >= 0.3 is 0 Å². The third kappa shape index (κ3) is 2.32. The fourth-order valence-electron chi connectivity index (χ4n) is 2.63. The predicted octanol–water partition coefficient (Wildman–Crippen LogP) is 4.75. The highest BCUT2D eigenvalue weighted by molar-refractivity contribution is 5.96. The molecule has 0 atom stereocenters. The summed E-state index contributed by atoms with van der Waals surface area (Å²) in [5.41, 5.74) is 2.61. The Labute approximate surface area is 132 Å². The van der Waals surface area contributed by atoms with Gasteiger partial charge in [-0.3, -0.25) is 0 Å². The number of hydrogen-bond acceptors (Lipinski definition) is 4. The van der Waals surface area contributed by atoms with Crippen molar-refractivity contribution in [1.29, 1.82) is 0 Å². The Kier molecular flexibility index (Phi) is 3.24. The van der Waals surface area contributed by atoms with E-state index in [1.54, 1.807) is 18.1 Å². The van der Waals surface area contributed by atoms with Crippen molar-refractivity contribution in [3.05, 3.63) is 67.0 Å². The molecule has 0 saturated heterocycles. The van der Waals surface area contributed by atoms with E-state index in [4.69, 9.17) is 4.74 Å². The number of aromatic nitrogens is 2. The molecule has 0 radical (unpaired) electrons. The molecule has 0 spiro atoms. The minimum Gasteiger partial charge on any atom is -0.496 e. The van der Waals surface area contributed by atoms with Crippen LogP contribution in [-0.2, 0) is 0 Å². The summed E-state index contributed by atoms with van der Waals surface area (Å²) in [7, 11) is 1.67. The van der Waals surface area contributed by atoms with Gasteiger partial charge in [-0.1, -0.05) is 41.6 Å². The molecule has 112 valence electrons. The van der Waals surface area contributed by atoms with E-state index in [0.29, 0.717) is 0 Å². The quantitative estimate of drug-likeness (QED) is 0.513. The summed E-state index contributed by atoms with van der Waals surface area (Å²) in [4.78, 5) is 4.31. The highest BCUT2D eigenvalue weighted by atomic mass is 16.5. The molecule has 0 N–H and O–H groups in total. The number of nitrogens with zero attached hydrogens (tertiary/aromatic N) is 4. The molecule has 0 aliphatic rings. The van der Waals surface area contributed by atoms with Crippen LogP contribution in [0.5, 0.6) is 5.75 Å². The minimum atomic E-state index is 0.791. The Balaban J connectivity index is 1.81. The summed E-state index contributed by atoms with van der Waals surface area (Å²) in [6, 6.07) is 19.6. The van der Waals surface area contributed by atoms with Crippen LogP contribution in [0.3, 0.4) is 0 Å². The van der Waals surface area contributed by atoms with Crippen LogP contribution in [0.15, 0.2) is 77.3 Å². The molecule has 3 aromatic carbocycles. The van der Waals surface area contributed by atoms with Crippen LogP contribution in [0.4, 0.5) is 5.69 Å². The number of ether oxygens (including phenoxy) is 1. The molecule has 5 nitrogen and oxygen atoms in total. The molecule has 4 rings (SSSR count). The predicted molar refractivity (Wildman–Crippen MR) is 90.1 cm³/mol. The maximum absolute atomic E-state index is 5.40. The highest BCUT2D eigenvalue weighted by Crippen LogP contribution is 2.33. The number of imidazole rings is 1. The number of benzene rings is 3. The Morgan fingerprint density at radius 1 is 0.913 bits per heavy atom. The third-order valence-electron chi connectivity index (χ3n) is 3.76. The number of fused-ring (bicyclic) bond motifs is 2. The highest BCUT2D eigenvalue weighted by Gasteiger charge is 2.06. The van der Waals surface area contributed by atoms with Gasteiger partial charge in [0.2, 0.25) is 0 Å². The van der Waals surface area contributed by atoms with E-state index < -0.39 is 0 Å². The molecule has 0 saturated carbocycles. The van der Waals surface area contributed by atoms with Crippen molar-refractivity contribution >= 4 is 27.5 Å². The van der Waals surface area contributed by atoms with E-state index in [9.17, 15) is 0 Å². The second kappa shape index (κ2) is 5.53. The van der Waals surface area contributed by atoms with Crippen LogP contribution in [0.2, 0.25) is 0 Å². The molecule has 1 heterocycles. The number of para-hydroxylation sites is 2. The molecular weight excluding hydrogens is 288 g/mol. The molecule has 0 bridgehead atoms. The normalized spacial score (nSPS) is 11.5. The van der Waals surface area contributed by atoms with Crippen molar-refractivity contribution in [3.63, 3.8) is 0 Å². The van der Waals surface area contributed by atoms with E-state index in [2.05, 4.69) is 15.3 Å². The van der Waals surface area contributed by atoms with Gasteiger partial charge in [-0.15, -0.1) is 5.11 Å². The Bertz CT molecular complexity index is 1020. The summed E-state index contributed by atoms with van der Waals surface area (Å²) < 4.78 is 7.08. The molecule has 5 heteroatoms. The van der Waals surface area contributed by atoms with Gasteiger partial charge in [0.25, 0.3) is 0 Å². The van der Waals surface area contributed by atoms with E-state index >= 15 is 0 Å². The van der Waals surface area contributed by atoms with Gasteiger partial charge in [-0.2, -0.15) is 0 Å². The van der Waals surface area contributed by atoms with Gasteiger partial charge in [0, 0.05) is 10.8 Å². The van der Waals surface area contributed by atoms with Crippen LogP contribution >= 0.6 is 0 Å². The van der Waals surface area contributed by atoms with E-state index in [0.717, 1.165) is 33.2 Å².